The number of benzene rings is 3. The number of nitrogens with one attached hydrogen (secondary N) is 1. The van der Waals surface area contributed by atoms with Gasteiger partial charge in [0.2, 0.25) is 0 Å². The SMILES string of the molecule is COc1ccc(Cl)c2sc(NC(=O)c3ccc(Oc4ccccc4)cc3)nc12. The molecule has 4 aromatic rings. The number of thiazole rings is 1. The number of carbonyl (C=O) groups is 1. The highest BCUT2D eigenvalue weighted by Gasteiger charge is 2.15. The molecule has 4 rings (SSSR count). The van der Waals surface area contributed by atoms with Crippen LogP contribution >= 0.6 is 22.9 Å². The van der Waals surface area contributed by atoms with Crippen molar-refractivity contribution in [3.05, 3.63) is 77.3 Å². The van der Waals surface area contributed by atoms with Crippen LogP contribution in [0.5, 0.6) is 17.2 Å². The lowest BCUT2D eigenvalue weighted by Gasteiger charge is -2.06. The van der Waals surface area contributed by atoms with Crippen molar-refractivity contribution in [2.45, 2.75) is 0 Å². The fourth-order valence-corrected chi connectivity index (χ4v) is 3.79. The van der Waals surface area contributed by atoms with Gasteiger partial charge < -0.3 is 9.47 Å². The minimum Gasteiger partial charge on any atom is -0.494 e. The summed E-state index contributed by atoms with van der Waals surface area (Å²) in [5.41, 5.74) is 1.12. The second-order valence-corrected chi connectivity index (χ2v) is 7.25. The van der Waals surface area contributed by atoms with Crippen molar-refractivity contribution in [3.63, 3.8) is 0 Å². The van der Waals surface area contributed by atoms with Crippen LogP contribution in [0.2, 0.25) is 5.02 Å². The Morgan fingerprint density at radius 3 is 2.43 bits per heavy atom. The number of hydrogen-bond acceptors (Lipinski definition) is 5. The zero-order valence-corrected chi connectivity index (χ0v) is 16.4. The molecule has 3 aromatic carbocycles. The molecule has 0 fully saturated rings. The summed E-state index contributed by atoms with van der Waals surface area (Å²) in [5, 5.41) is 3.83. The van der Waals surface area contributed by atoms with Crippen LogP contribution in [-0.4, -0.2) is 18.0 Å². The molecule has 0 bridgehead atoms. The average Bonchev–Trinajstić information content (AvgIpc) is 3.14. The molecule has 0 aliphatic carbocycles. The van der Waals surface area contributed by atoms with Gasteiger partial charge in [-0.2, -0.15) is 0 Å². The van der Waals surface area contributed by atoms with Gasteiger partial charge in [-0.25, -0.2) is 4.98 Å². The van der Waals surface area contributed by atoms with E-state index in [1.807, 2.05) is 30.3 Å². The molecule has 0 aliphatic heterocycles. The highest BCUT2D eigenvalue weighted by atomic mass is 35.5. The number of carbonyl (C=O) groups excluding carboxylic acids is 1. The molecule has 0 saturated heterocycles. The van der Waals surface area contributed by atoms with Gasteiger partial charge in [-0.3, -0.25) is 10.1 Å². The molecule has 1 aromatic heterocycles. The monoisotopic (exact) mass is 410 g/mol. The number of amides is 1. The van der Waals surface area contributed by atoms with Crippen molar-refractivity contribution in [3.8, 4) is 17.2 Å². The molecule has 7 heteroatoms. The number of nitrogens with zero attached hydrogens (tertiary/aromatic N) is 1. The first-order valence-corrected chi connectivity index (χ1v) is 9.61. The van der Waals surface area contributed by atoms with Gasteiger partial charge in [-0.15, -0.1) is 0 Å². The van der Waals surface area contributed by atoms with E-state index in [-0.39, 0.29) is 5.91 Å². The summed E-state index contributed by atoms with van der Waals surface area (Å²) in [6.07, 6.45) is 0. The van der Waals surface area contributed by atoms with Gasteiger partial charge in [0.1, 0.15) is 22.8 Å². The lowest BCUT2D eigenvalue weighted by atomic mass is 10.2. The van der Waals surface area contributed by atoms with Crippen molar-refractivity contribution in [1.82, 2.24) is 4.98 Å². The lowest BCUT2D eigenvalue weighted by molar-refractivity contribution is 0.102. The Morgan fingerprint density at radius 2 is 1.71 bits per heavy atom. The van der Waals surface area contributed by atoms with E-state index < -0.39 is 0 Å². The normalized spacial score (nSPS) is 10.6. The standard InChI is InChI=1S/C21H15ClN2O3S/c1-26-17-12-11-16(22)19-18(17)23-21(28-19)24-20(25)13-7-9-15(10-8-13)27-14-5-3-2-4-6-14/h2-12H,1H3,(H,23,24,25). The van der Waals surface area contributed by atoms with Gasteiger partial charge in [0.05, 0.1) is 16.8 Å². The maximum atomic E-state index is 12.6. The highest BCUT2D eigenvalue weighted by molar-refractivity contribution is 7.23. The van der Waals surface area contributed by atoms with Gasteiger partial charge >= 0.3 is 0 Å². The van der Waals surface area contributed by atoms with Gasteiger partial charge in [0.15, 0.2) is 5.13 Å². The van der Waals surface area contributed by atoms with Crippen LogP contribution in [0.25, 0.3) is 10.2 Å². The van der Waals surface area contributed by atoms with Crippen molar-refractivity contribution < 1.29 is 14.3 Å². The summed E-state index contributed by atoms with van der Waals surface area (Å²) >= 11 is 7.53. The summed E-state index contributed by atoms with van der Waals surface area (Å²) in [7, 11) is 1.57. The topological polar surface area (TPSA) is 60.5 Å². The Balaban J connectivity index is 1.51. The Morgan fingerprint density at radius 1 is 1.00 bits per heavy atom. The van der Waals surface area contributed by atoms with Crippen LogP contribution in [0.1, 0.15) is 10.4 Å². The molecule has 140 valence electrons. The molecule has 0 aliphatic rings. The third-order valence-electron chi connectivity index (χ3n) is 3.99. The highest BCUT2D eigenvalue weighted by Crippen LogP contribution is 2.37. The van der Waals surface area contributed by atoms with Gasteiger partial charge in [-0.1, -0.05) is 41.1 Å². The number of methoxy groups -OCH3 is 1. The first-order chi connectivity index (χ1) is 13.6. The van der Waals surface area contributed by atoms with Gasteiger partial charge in [0.25, 0.3) is 5.91 Å². The summed E-state index contributed by atoms with van der Waals surface area (Å²) in [5.74, 6) is 1.73. The van der Waals surface area contributed by atoms with Gasteiger partial charge in [-0.05, 0) is 48.5 Å². The molecule has 0 unspecified atom stereocenters. The van der Waals surface area contributed by atoms with E-state index in [0.717, 1.165) is 10.4 Å². The van der Waals surface area contributed by atoms with Crippen LogP contribution in [0, 0.1) is 0 Å². The van der Waals surface area contributed by atoms with Crippen LogP contribution in [0.3, 0.4) is 0 Å². The second kappa shape index (κ2) is 7.88. The summed E-state index contributed by atoms with van der Waals surface area (Å²) in [4.78, 5) is 17.0. The first kappa shape index (κ1) is 18.3. The minimum atomic E-state index is -0.264. The minimum absolute atomic E-state index is 0.264. The Kier molecular flexibility index (Phi) is 5.14. The van der Waals surface area contributed by atoms with E-state index in [9.17, 15) is 4.79 Å². The van der Waals surface area contributed by atoms with Crippen LogP contribution in [0.15, 0.2) is 66.7 Å². The van der Waals surface area contributed by atoms with Crippen LogP contribution in [-0.2, 0) is 0 Å². The zero-order valence-electron chi connectivity index (χ0n) is 14.8. The van der Waals surface area contributed by atoms with Crippen molar-refractivity contribution in [1.29, 1.82) is 0 Å². The summed E-state index contributed by atoms with van der Waals surface area (Å²) < 4.78 is 11.8. The molecule has 0 saturated carbocycles. The Labute approximate surface area is 170 Å². The Bertz CT molecular complexity index is 1130. The van der Waals surface area contributed by atoms with Crippen LogP contribution < -0.4 is 14.8 Å². The van der Waals surface area contributed by atoms with Crippen molar-refractivity contribution >= 4 is 44.2 Å². The van der Waals surface area contributed by atoms with Gasteiger partial charge in [0, 0.05) is 5.56 Å². The maximum Gasteiger partial charge on any atom is 0.257 e. The quantitative estimate of drug-likeness (QED) is 0.438. The smallest absolute Gasteiger partial charge is 0.257 e. The molecule has 1 heterocycles. The van der Waals surface area contributed by atoms with E-state index in [2.05, 4.69) is 10.3 Å². The second-order valence-electron chi connectivity index (χ2n) is 5.84. The molecular formula is C21H15ClN2O3S. The molecule has 0 radical (unpaired) electrons. The van der Waals surface area contributed by atoms with E-state index in [1.165, 1.54) is 11.3 Å². The van der Waals surface area contributed by atoms with E-state index >= 15 is 0 Å². The molecule has 0 atom stereocenters. The lowest BCUT2D eigenvalue weighted by Crippen LogP contribution is -2.11. The maximum absolute atomic E-state index is 12.6. The number of hydrogen-bond donors (Lipinski definition) is 1. The number of ether oxygens (including phenoxy) is 2. The predicted molar refractivity (Wildman–Crippen MR) is 112 cm³/mol. The number of anilines is 1. The molecule has 1 amide bonds. The van der Waals surface area contributed by atoms with Crippen molar-refractivity contribution in [2.75, 3.05) is 12.4 Å². The number of aromatic nitrogens is 1. The molecule has 1 N–H and O–H groups in total. The number of halogens is 1. The van der Waals surface area contributed by atoms with Crippen molar-refractivity contribution in [2.24, 2.45) is 0 Å². The molecule has 0 spiro atoms. The number of rotatable bonds is 5. The van der Waals surface area contributed by atoms with Crippen LogP contribution in [0.4, 0.5) is 5.13 Å². The van der Waals surface area contributed by atoms with E-state index in [0.29, 0.717) is 32.7 Å². The fraction of sp³-hybridized carbons (Fsp3) is 0.0476. The summed E-state index contributed by atoms with van der Waals surface area (Å²) in [6.45, 7) is 0. The molecule has 5 nitrogen and oxygen atoms in total. The zero-order chi connectivity index (χ0) is 19.5. The molecular weight excluding hydrogens is 396 g/mol. The fourth-order valence-electron chi connectivity index (χ4n) is 2.64. The average molecular weight is 411 g/mol. The third kappa shape index (κ3) is 3.78. The predicted octanol–water partition coefficient (Wildman–Crippen LogP) is 6.00. The Hall–Kier alpha value is -3.09. The van der Waals surface area contributed by atoms with E-state index in [4.69, 9.17) is 21.1 Å². The van der Waals surface area contributed by atoms with E-state index in [1.54, 1.807) is 43.5 Å². The largest absolute Gasteiger partial charge is 0.494 e. The molecule has 28 heavy (non-hydrogen) atoms. The number of para-hydroxylation sites is 1. The summed E-state index contributed by atoms with van der Waals surface area (Å²) in [6, 6.07) is 19.9. The third-order valence-corrected chi connectivity index (χ3v) is 5.43. The number of fused-ring (bicyclic) bond motifs is 1. The first-order valence-electron chi connectivity index (χ1n) is 8.41.